The molecule has 5 heteroatoms. The van der Waals surface area contributed by atoms with Crippen LogP contribution in [0.1, 0.15) is 24.5 Å². The Morgan fingerprint density at radius 3 is 2.33 bits per heavy atom. The van der Waals surface area contributed by atoms with Gasteiger partial charge < -0.3 is 10.1 Å². The summed E-state index contributed by atoms with van der Waals surface area (Å²) in [6, 6.07) is 5.05. The molecular formula is C13H18F3NO. The molecule has 18 heavy (non-hydrogen) atoms. The van der Waals surface area contributed by atoms with Crippen molar-refractivity contribution in [2.75, 3.05) is 19.7 Å². The van der Waals surface area contributed by atoms with Crippen molar-refractivity contribution in [3.05, 3.63) is 35.4 Å². The zero-order valence-electron chi connectivity index (χ0n) is 10.4. The normalized spacial score (nSPS) is 11.8. The summed E-state index contributed by atoms with van der Waals surface area (Å²) < 4.78 is 42.3. The maximum Gasteiger partial charge on any atom is 0.416 e. The van der Waals surface area contributed by atoms with Gasteiger partial charge in [-0.05, 0) is 30.7 Å². The summed E-state index contributed by atoms with van der Waals surface area (Å²) in [5.74, 6) is 0. The van der Waals surface area contributed by atoms with E-state index < -0.39 is 11.7 Å². The predicted molar refractivity (Wildman–Crippen MR) is 64.3 cm³/mol. The van der Waals surface area contributed by atoms with Gasteiger partial charge in [-0.15, -0.1) is 0 Å². The zero-order valence-corrected chi connectivity index (χ0v) is 10.4. The SMILES string of the molecule is CCCNCCOCc1ccc(C(F)(F)F)cc1. The summed E-state index contributed by atoms with van der Waals surface area (Å²) in [6.07, 6.45) is -3.21. The minimum atomic E-state index is -4.27. The Balaban J connectivity index is 2.27. The van der Waals surface area contributed by atoms with Crippen molar-refractivity contribution in [3.63, 3.8) is 0 Å². The molecule has 0 heterocycles. The van der Waals surface area contributed by atoms with Crippen LogP contribution in [0.3, 0.4) is 0 Å². The molecule has 0 aromatic heterocycles. The summed E-state index contributed by atoms with van der Waals surface area (Å²) in [5, 5.41) is 3.18. The molecule has 0 fully saturated rings. The first-order valence-corrected chi connectivity index (χ1v) is 5.98. The van der Waals surface area contributed by atoms with Crippen LogP contribution in [0, 0.1) is 0 Å². The number of alkyl halides is 3. The molecule has 1 aromatic rings. The van der Waals surface area contributed by atoms with Gasteiger partial charge in [0.2, 0.25) is 0 Å². The number of hydrogen-bond acceptors (Lipinski definition) is 2. The van der Waals surface area contributed by atoms with Crippen molar-refractivity contribution in [2.45, 2.75) is 26.1 Å². The third kappa shape index (κ3) is 5.51. The Kier molecular flexibility index (Phi) is 6.15. The van der Waals surface area contributed by atoms with E-state index in [4.69, 9.17) is 4.74 Å². The molecule has 0 bridgehead atoms. The van der Waals surface area contributed by atoms with E-state index in [1.54, 1.807) is 0 Å². The van der Waals surface area contributed by atoms with Crippen LogP contribution in [-0.4, -0.2) is 19.7 Å². The third-order valence-corrected chi connectivity index (χ3v) is 2.40. The summed E-state index contributed by atoms with van der Waals surface area (Å²) in [7, 11) is 0. The van der Waals surface area contributed by atoms with E-state index >= 15 is 0 Å². The first kappa shape index (κ1) is 15.0. The minimum absolute atomic E-state index is 0.339. The van der Waals surface area contributed by atoms with Gasteiger partial charge in [-0.25, -0.2) is 0 Å². The first-order valence-electron chi connectivity index (χ1n) is 5.98. The molecule has 2 nitrogen and oxygen atoms in total. The number of halogens is 3. The summed E-state index contributed by atoms with van der Waals surface area (Å²) in [5.41, 5.74) is 0.120. The van der Waals surface area contributed by atoms with Crippen LogP contribution in [0.5, 0.6) is 0 Å². The van der Waals surface area contributed by atoms with Crippen molar-refractivity contribution in [1.82, 2.24) is 5.32 Å². The molecule has 102 valence electrons. The van der Waals surface area contributed by atoms with E-state index in [0.29, 0.717) is 13.2 Å². The van der Waals surface area contributed by atoms with Gasteiger partial charge in [-0.2, -0.15) is 13.2 Å². The smallest absolute Gasteiger partial charge is 0.375 e. The van der Waals surface area contributed by atoms with Crippen molar-refractivity contribution in [3.8, 4) is 0 Å². The van der Waals surface area contributed by atoms with Crippen molar-refractivity contribution >= 4 is 0 Å². The number of benzene rings is 1. The van der Waals surface area contributed by atoms with Gasteiger partial charge in [0.05, 0.1) is 18.8 Å². The molecule has 0 saturated carbocycles. The second-order valence-corrected chi connectivity index (χ2v) is 4.00. The summed E-state index contributed by atoms with van der Waals surface area (Å²) in [6.45, 7) is 4.68. The average Bonchev–Trinajstić information content (AvgIpc) is 2.33. The van der Waals surface area contributed by atoms with Crippen LogP contribution in [0.4, 0.5) is 13.2 Å². The molecule has 0 radical (unpaired) electrons. The molecule has 1 rings (SSSR count). The summed E-state index contributed by atoms with van der Waals surface area (Å²) in [4.78, 5) is 0. The van der Waals surface area contributed by atoms with E-state index in [9.17, 15) is 13.2 Å². The monoisotopic (exact) mass is 261 g/mol. The van der Waals surface area contributed by atoms with Crippen molar-refractivity contribution < 1.29 is 17.9 Å². The summed E-state index contributed by atoms with van der Waals surface area (Å²) >= 11 is 0. The Morgan fingerprint density at radius 2 is 1.78 bits per heavy atom. The maximum atomic E-state index is 12.3. The fraction of sp³-hybridized carbons (Fsp3) is 0.538. The number of hydrogen-bond donors (Lipinski definition) is 1. The van der Waals surface area contributed by atoms with Gasteiger partial charge in [-0.1, -0.05) is 19.1 Å². The van der Waals surface area contributed by atoms with E-state index in [1.807, 2.05) is 0 Å². The average molecular weight is 261 g/mol. The topological polar surface area (TPSA) is 21.3 Å². The molecule has 0 unspecified atom stereocenters. The van der Waals surface area contributed by atoms with Crippen LogP contribution >= 0.6 is 0 Å². The molecule has 1 N–H and O–H groups in total. The van der Waals surface area contributed by atoms with E-state index in [1.165, 1.54) is 12.1 Å². The van der Waals surface area contributed by atoms with Crippen LogP contribution in [0.15, 0.2) is 24.3 Å². The highest BCUT2D eigenvalue weighted by Gasteiger charge is 2.29. The lowest BCUT2D eigenvalue weighted by Gasteiger charge is -2.08. The molecular weight excluding hydrogens is 243 g/mol. The Bertz CT molecular complexity index is 335. The molecule has 0 atom stereocenters. The van der Waals surface area contributed by atoms with Gasteiger partial charge in [-0.3, -0.25) is 0 Å². The Morgan fingerprint density at radius 1 is 1.11 bits per heavy atom. The second kappa shape index (κ2) is 7.38. The largest absolute Gasteiger partial charge is 0.416 e. The molecule has 0 saturated heterocycles. The number of rotatable bonds is 7. The number of ether oxygens (including phenoxy) is 1. The molecule has 1 aromatic carbocycles. The van der Waals surface area contributed by atoms with Gasteiger partial charge in [0.25, 0.3) is 0 Å². The fourth-order valence-electron chi connectivity index (χ4n) is 1.43. The molecule has 0 spiro atoms. The highest BCUT2D eigenvalue weighted by molar-refractivity contribution is 5.24. The quantitative estimate of drug-likeness (QED) is 0.761. The number of nitrogens with one attached hydrogen (secondary N) is 1. The second-order valence-electron chi connectivity index (χ2n) is 4.00. The predicted octanol–water partition coefficient (Wildman–Crippen LogP) is 3.22. The minimum Gasteiger partial charge on any atom is -0.375 e. The van der Waals surface area contributed by atoms with E-state index in [-0.39, 0.29) is 0 Å². The third-order valence-electron chi connectivity index (χ3n) is 2.40. The van der Waals surface area contributed by atoms with Gasteiger partial charge >= 0.3 is 6.18 Å². The van der Waals surface area contributed by atoms with E-state index in [0.717, 1.165) is 37.2 Å². The van der Waals surface area contributed by atoms with Crippen molar-refractivity contribution in [2.24, 2.45) is 0 Å². The van der Waals surface area contributed by atoms with Crippen LogP contribution in [0.25, 0.3) is 0 Å². The lowest BCUT2D eigenvalue weighted by molar-refractivity contribution is -0.137. The Labute approximate surface area is 105 Å². The van der Waals surface area contributed by atoms with Gasteiger partial charge in [0.15, 0.2) is 0 Å². The van der Waals surface area contributed by atoms with Gasteiger partial charge in [0, 0.05) is 6.54 Å². The van der Waals surface area contributed by atoms with Gasteiger partial charge in [0.1, 0.15) is 0 Å². The fourth-order valence-corrected chi connectivity index (χ4v) is 1.43. The molecule has 0 aliphatic carbocycles. The molecule has 0 aliphatic heterocycles. The highest BCUT2D eigenvalue weighted by Crippen LogP contribution is 2.29. The molecule has 0 amide bonds. The standard InChI is InChI=1S/C13H18F3NO/c1-2-7-17-8-9-18-10-11-3-5-12(6-4-11)13(14,15)16/h3-6,17H,2,7-10H2,1H3. The lowest BCUT2D eigenvalue weighted by Crippen LogP contribution is -2.20. The molecule has 0 aliphatic rings. The van der Waals surface area contributed by atoms with Crippen LogP contribution < -0.4 is 5.32 Å². The van der Waals surface area contributed by atoms with Crippen LogP contribution in [0.2, 0.25) is 0 Å². The van der Waals surface area contributed by atoms with E-state index in [2.05, 4.69) is 12.2 Å². The zero-order chi connectivity index (χ0) is 13.4. The van der Waals surface area contributed by atoms with Crippen LogP contribution in [-0.2, 0) is 17.5 Å². The Hall–Kier alpha value is -1.07. The van der Waals surface area contributed by atoms with Crippen molar-refractivity contribution in [1.29, 1.82) is 0 Å². The maximum absolute atomic E-state index is 12.3. The lowest BCUT2D eigenvalue weighted by atomic mass is 10.1. The first-order chi connectivity index (χ1) is 8.54. The highest BCUT2D eigenvalue weighted by atomic mass is 19.4.